The molecule has 4 nitrogen and oxygen atoms in total. The van der Waals surface area contributed by atoms with E-state index in [1.165, 1.54) is 13.8 Å². The van der Waals surface area contributed by atoms with Crippen LogP contribution in [0.4, 0.5) is 0 Å². The summed E-state index contributed by atoms with van der Waals surface area (Å²) in [5, 5.41) is 8.80. The van der Waals surface area contributed by atoms with Crippen LogP contribution in [0, 0.1) is 0 Å². The predicted molar refractivity (Wildman–Crippen MR) is 56.2 cm³/mol. The first-order valence-electron chi connectivity index (χ1n) is 4.54. The van der Waals surface area contributed by atoms with Crippen molar-refractivity contribution in [3.63, 3.8) is 0 Å². The lowest BCUT2D eigenvalue weighted by molar-refractivity contribution is -0.161. The molecule has 0 aliphatic rings. The number of aliphatic hydroxyl groups excluding tert-OH is 1. The maximum absolute atomic E-state index is 11.4. The third kappa shape index (κ3) is 3.67. The second-order valence-electron chi connectivity index (χ2n) is 3.44. The number of carbonyl (C=O) groups excluding carboxylic acids is 2. The van der Waals surface area contributed by atoms with Crippen LogP contribution in [0.25, 0.3) is 0 Å². The summed E-state index contributed by atoms with van der Waals surface area (Å²) in [6.45, 7) is 9.40. The summed E-state index contributed by atoms with van der Waals surface area (Å²) >= 11 is 0. The van der Waals surface area contributed by atoms with E-state index in [9.17, 15) is 9.59 Å². The average molecular weight is 212 g/mol. The van der Waals surface area contributed by atoms with Gasteiger partial charge in [-0.15, -0.1) is 0 Å². The lowest BCUT2D eigenvalue weighted by Crippen LogP contribution is -2.40. The molecule has 1 unspecified atom stereocenters. The van der Waals surface area contributed by atoms with Gasteiger partial charge in [-0.2, -0.15) is 0 Å². The SMILES string of the molecule is C=CC(=O)C(C)(CCO)OC(=O)C(=C)C. The van der Waals surface area contributed by atoms with Crippen LogP contribution in [0.5, 0.6) is 0 Å². The Balaban J connectivity index is 4.80. The first-order valence-corrected chi connectivity index (χ1v) is 4.54. The van der Waals surface area contributed by atoms with E-state index in [1.807, 2.05) is 0 Å². The van der Waals surface area contributed by atoms with Crippen LogP contribution in [0.3, 0.4) is 0 Å². The molecule has 0 amide bonds. The van der Waals surface area contributed by atoms with Gasteiger partial charge in [0, 0.05) is 18.6 Å². The monoisotopic (exact) mass is 212 g/mol. The minimum atomic E-state index is -1.35. The van der Waals surface area contributed by atoms with Crippen molar-refractivity contribution in [2.24, 2.45) is 0 Å². The molecule has 0 saturated heterocycles. The number of ether oxygens (including phenoxy) is 1. The van der Waals surface area contributed by atoms with Crippen molar-refractivity contribution in [2.75, 3.05) is 6.61 Å². The van der Waals surface area contributed by atoms with Crippen LogP contribution in [0.2, 0.25) is 0 Å². The number of ketones is 1. The third-order valence-electron chi connectivity index (χ3n) is 1.96. The Morgan fingerprint density at radius 1 is 1.53 bits per heavy atom. The van der Waals surface area contributed by atoms with Gasteiger partial charge in [-0.1, -0.05) is 13.2 Å². The van der Waals surface area contributed by atoms with Gasteiger partial charge >= 0.3 is 5.97 Å². The molecule has 1 atom stereocenters. The molecule has 0 bridgehead atoms. The number of hydrogen-bond donors (Lipinski definition) is 1. The van der Waals surface area contributed by atoms with E-state index in [1.54, 1.807) is 0 Å². The molecule has 0 aliphatic carbocycles. The lowest BCUT2D eigenvalue weighted by atomic mass is 9.96. The second kappa shape index (κ2) is 5.46. The first-order chi connectivity index (χ1) is 6.87. The van der Waals surface area contributed by atoms with Gasteiger partial charge in [0.1, 0.15) is 0 Å². The number of rotatable bonds is 6. The topological polar surface area (TPSA) is 63.6 Å². The van der Waals surface area contributed by atoms with Crippen LogP contribution in [0.1, 0.15) is 20.3 Å². The molecular formula is C11H16O4. The van der Waals surface area contributed by atoms with Crippen molar-refractivity contribution in [3.05, 3.63) is 24.8 Å². The quantitative estimate of drug-likeness (QED) is 0.527. The Morgan fingerprint density at radius 3 is 2.40 bits per heavy atom. The van der Waals surface area contributed by atoms with Crippen molar-refractivity contribution < 1.29 is 19.4 Å². The fourth-order valence-corrected chi connectivity index (χ4v) is 0.945. The lowest BCUT2D eigenvalue weighted by Gasteiger charge is -2.26. The van der Waals surface area contributed by atoms with E-state index in [-0.39, 0.29) is 18.6 Å². The molecule has 0 aromatic carbocycles. The van der Waals surface area contributed by atoms with Gasteiger partial charge in [0.25, 0.3) is 0 Å². The molecule has 0 aromatic rings. The molecule has 0 saturated carbocycles. The largest absolute Gasteiger partial charge is 0.448 e. The van der Waals surface area contributed by atoms with Crippen LogP contribution in [-0.2, 0) is 14.3 Å². The highest BCUT2D eigenvalue weighted by atomic mass is 16.6. The van der Waals surface area contributed by atoms with Crippen LogP contribution >= 0.6 is 0 Å². The number of aliphatic hydroxyl groups is 1. The molecule has 84 valence electrons. The van der Waals surface area contributed by atoms with Crippen molar-refractivity contribution in [3.8, 4) is 0 Å². The van der Waals surface area contributed by atoms with Crippen LogP contribution < -0.4 is 0 Å². The minimum absolute atomic E-state index is 0.0386. The van der Waals surface area contributed by atoms with E-state index >= 15 is 0 Å². The highest BCUT2D eigenvalue weighted by molar-refractivity contribution is 5.99. The van der Waals surface area contributed by atoms with Crippen LogP contribution in [0.15, 0.2) is 24.8 Å². The molecule has 1 N–H and O–H groups in total. The summed E-state index contributed by atoms with van der Waals surface area (Å²) < 4.78 is 4.97. The third-order valence-corrected chi connectivity index (χ3v) is 1.96. The minimum Gasteiger partial charge on any atom is -0.448 e. The van der Waals surface area contributed by atoms with Gasteiger partial charge in [0.2, 0.25) is 0 Å². The van der Waals surface area contributed by atoms with Crippen molar-refractivity contribution in [1.29, 1.82) is 0 Å². The number of carbonyl (C=O) groups is 2. The standard InChI is InChI=1S/C11H16O4/c1-5-9(13)11(4,6-7-12)15-10(14)8(2)3/h5,12H,1-2,6-7H2,3-4H3. The molecule has 0 aliphatic heterocycles. The summed E-state index contributed by atoms with van der Waals surface area (Å²) in [7, 11) is 0. The Labute approximate surface area is 89.2 Å². The van der Waals surface area contributed by atoms with Gasteiger partial charge in [-0.05, 0) is 19.9 Å². The van der Waals surface area contributed by atoms with Crippen molar-refractivity contribution >= 4 is 11.8 Å². The Morgan fingerprint density at radius 2 is 2.07 bits per heavy atom. The van der Waals surface area contributed by atoms with Gasteiger partial charge in [0.05, 0.1) is 0 Å². The number of esters is 1. The predicted octanol–water partition coefficient (Wildman–Crippen LogP) is 1.00. The molecular weight excluding hydrogens is 196 g/mol. The van der Waals surface area contributed by atoms with Crippen molar-refractivity contribution in [1.82, 2.24) is 0 Å². The van der Waals surface area contributed by atoms with Gasteiger partial charge in [-0.3, -0.25) is 4.79 Å². The molecule has 0 rings (SSSR count). The number of hydrogen-bond acceptors (Lipinski definition) is 4. The highest BCUT2D eigenvalue weighted by Crippen LogP contribution is 2.18. The second-order valence-corrected chi connectivity index (χ2v) is 3.44. The van der Waals surface area contributed by atoms with Gasteiger partial charge < -0.3 is 9.84 Å². The fraction of sp³-hybridized carbons (Fsp3) is 0.455. The molecule has 0 aromatic heterocycles. The summed E-state index contributed by atoms with van der Waals surface area (Å²) in [6.07, 6.45) is 1.11. The van der Waals surface area contributed by atoms with E-state index in [0.717, 1.165) is 6.08 Å². The van der Waals surface area contributed by atoms with E-state index in [4.69, 9.17) is 9.84 Å². The summed E-state index contributed by atoms with van der Waals surface area (Å²) in [5.41, 5.74) is -1.15. The maximum atomic E-state index is 11.4. The summed E-state index contributed by atoms with van der Waals surface area (Å²) in [5.74, 6) is -1.09. The van der Waals surface area contributed by atoms with E-state index < -0.39 is 17.4 Å². The van der Waals surface area contributed by atoms with Gasteiger partial charge in [0.15, 0.2) is 11.4 Å². The Hall–Kier alpha value is -1.42. The molecule has 0 fully saturated rings. The Kier molecular flexibility index (Phi) is 4.94. The summed E-state index contributed by atoms with van der Waals surface area (Å²) in [6, 6.07) is 0. The normalized spacial score (nSPS) is 13.8. The summed E-state index contributed by atoms with van der Waals surface area (Å²) in [4.78, 5) is 22.7. The van der Waals surface area contributed by atoms with E-state index in [2.05, 4.69) is 13.2 Å². The first kappa shape index (κ1) is 13.6. The molecule has 4 heteroatoms. The maximum Gasteiger partial charge on any atom is 0.334 e. The zero-order valence-corrected chi connectivity index (χ0v) is 9.08. The molecule has 0 radical (unpaired) electrons. The smallest absolute Gasteiger partial charge is 0.334 e. The fourth-order valence-electron chi connectivity index (χ4n) is 0.945. The van der Waals surface area contributed by atoms with Gasteiger partial charge in [-0.25, -0.2) is 4.79 Å². The Bertz CT molecular complexity index is 293. The molecule has 15 heavy (non-hydrogen) atoms. The molecule has 0 heterocycles. The van der Waals surface area contributed by atoms with E-state index in [0.29, 0.717) is 0 Å². The van der Waals surface area contributed by atoms with Crippen molar-refractivity contribution in [2.45, 2.75) is 25.9 Å². The molecule has 0 spiro atoms. The average Bonchev–Trinajstić information content (AvgIpc) is 2.16. The highest BCUT2D eigenvalue weighted by Gasteiger charge is 2.34. The van der Waals surface area contributed by atoms with Crippen LogP contribution in [-0.4, -0.2) is 29.1 Å². The zero-order valence-electron chi connectivity index (χ0n) is 9.08. The zero-order chi connectivity index (χ0) is 12.1.